The Morgan fingerprint density at radius 2 is 1.75 bits per heavy atom. The second kappa shape index (κ2) is 5.11. The summed E-state index contributed by atoms with van der Waals surface area (Å²) in [7, 11) is 0. The van der Waals surface area contributed by atoms with E-state index in [-0.39, 0.29) is 11.2 Å². The van der Waals surface area contributed by atoms with Gasteiger partial charge in [-0.15, -0.1) is 10.2 Å². The number of halogens is 3. The van der Waals surface area contributed by atoms with Crippen molar-refractivity contribution in [3.05, 3.63) is 27.2 Å². The fraction of sp³-hybridized carbons (Fsp3) is 0.273. The summed E-state index contributed by atoms with van der Waals surface area (Å²) in [5.41, 5.74) is 1.80. The fourth-order valence-corrected chi connectivity index (χ4v) is 3.33. The lowest BCUT2D eigenvalue weighted by Gasteiger charge is -2.12. The average molecular weight is 349 g/mol. The zero-order valence-electron chi connectivity index (χ0n) is 10.4. The molecule has 2 heterocycles. The molecule has 0 bridgehead atoms. The summed E-state index contributed by atoms with van der Waals surface area (Å²) in [6.07, 6.45) is 0. The standard InChI is InChI=1S/C11H8Cl3N5S/c1-4(2)10-15-16-11(14)19(10)9-6(13)3-5(12)7-8(9)18-20-17-7/h3-4H,1-2H3. The first-order valence-electron chi connectivity index (χ1n) is 5.72. The van der Waals surface area contributed by atoms with E-state index in [4.69, 9.17) is 34.8 Å². The highest BCUT2D eigenvalue weighted by Gasteiger charge is 2.22. The van der Waals surface area contributed by atoms with Crippen LogP contribution < -0.4 is 0 Å². The minimum Gasteiger partial charge on any atom is -0.266 e. The van der Waals surface area contributed by atoms with E-state index in [1.807, 2.05) is 13.8 Å². The Hall–Kier alpha value is -0.950. The highest BCUT2D eigenvalue weighted by atomic mass is 35.5. The van der Waals surface area contributed by atoms with Gasteiger partial charge in [0.1, 0.15) is 16.9 Å². The molecule has 3 rings (SSSR count). The number of hydrogen-bond donors (Lipinski definition) is 0. The molecule has 0 spiro atoms. The summed E-state index contributed by atoms with van der Waals surface area (Å²) in [5.74, 6) is 0.830. The van der Waals surface area contributed by atoms with Crippen molar-refractivity contribution in [2.24, 2.45) is 0 Å². The molecule has 0 saturated heterocycles. The van der Waals surface area contributed by atoms with Gasteiger partial charge in [-0.25, -0.2) is 0 Å². The van der Waals surface area contributed by atoms with Crippen LogP contribution in [0.25, 0.3) is 16.7 Å². The third-order valence-electron chi connectivity index (χ3n) is 2.81. The third-order valence-corrected chi connectivity index (χ3v) is 4.16. The quantitative estimate of drug-likeness (QED) is 0.690. The lowest BCUT2D eigenvalue weighted by molar-refractivity contribution is 0.747. The second-order valence-corrected chi connectivity index (χ2v) is 6.15. The summed E-state index contributed by atoms with van der Waals surface area (Å²) < 4.78 is 10.1. The van der Waals surface area contributed by atoms with Crippen molar-refractivity contribution in [1.29, 1.82) is 0 Å². The molecule has 104 valence electrons. The lowest BCUT2D eigenvalue weighted by atomic mass is 10.2. The Labute approximate surface area is 133 Å². The Bertz CT molecular complexity index is 795. The van der Waals surface area contributed by atoms with Gasteiger partial charge >= 0.3 is 0 Å². The lowest BCUT2D eigenvalue weighted by Crippen LogP contribution is -2.05. The Kier molecular flexibility index (Phi) is 3.58. The molecule has 1 aromatic carbocycles. The van der Waals surface area contributed by atoms with Crippen LogP contribution in [0.4, 0.5) is 0 Å². The summed E-state index contributed by atoms with van der Waals surface area (Å²) in [6, 6.07) is 1.63. The van der Waals surface area contributed by atoms with Gasteiger partial charge in [-0.1, -0.05) is 37.0 Å². The van der Waals surface area contributed by atoms with Crippen molar-refractivity contribution >= 4 is 57.6 Å². The minimum atomic E-state index is 0.128. The third kappa shape index (κ3) is 2.07. The van der Waals surface area contributed by atoms with Gasteiger partial charge in [0.15, 0.2) is 0 Å². The van der Waals surface area contributed by atoms with E-state index in [1.54, 1.807) is 10.6 Å². The SMILES string of the molecule is CC(C)c1nnc(Cl)n1-c1c(Cl)cc(Cl)c2nsnc12. The predicted molar refractivity (Wildman–Crippen MR) is 81.5 cm³/mol. The van der Waals surface area contributed by atoms with Gasteiger partial charge in [0, 0.05) is 5.92 Å². The van der Waals surface area contributed by atoms with Crippen molar-refractivity contribution in [1.82, 2.24) is 23.5 Å². The topological polar surface area (TPSA) is 56.5 Å². The Balaban J connectivity index is 2.41. The van der Waals surface area contributed by atoms with E-state index in [2.05, 4.69) is 18.9 Å². The molecular formula is C11H8Cl3N5S. The van der Waals surface area contributed by atoms with Gasteiger partial charge in [-0.3, -0.25) is 4.57 Å². The molecule has 0 unspecified atom stereocenters. The van der Waals surface area contributed by atoms with Crippen LogP contribution in [0.3, 0.4) is 0 Å². The van der Waals surface area contributed by atoms with Crippen molar-refractivity contribution in [3.63, 3.8) is 0 Å². The molecule has 0 fully saturated rings. The number of aromatic nitrogens is 5. The molecule has 0 aliphatic heterocycles. The van der Waals surface area contributed by atoms with E-state index in [0.717, 1.165) is 11.7 Å². The Morgan fingerprint density at radius 1 is 1.05 bits per heavy atom. The smallest absolute Gasteiger partial charge is 0.229 e. The summed E-state index contributed by atoms with van der Waals surface area (Å²) >= 11 is 19.7. The molecule has 0 amide bonds. The maximum absolute atomic E-state index is 6.32. The zero-order valence-corrected chi connectivity index (χ0v) is 13.5. The van der Waals surface area contributed by atoms with E-state index in [1.165, 1.54) is 0 Å². The largest absolute Gasteiger partial charge is 0.266 e. The van der Waals surface area contributed by atoms with Crippen LogP contribution in [-0.2, 0) is 0 Å². The van der Waals surface area contributed by atoms with Crippen molar-refractivity contribution < 1.29 is 0 Å². The average Bonchev–Trinajstić information content (AvgIpc) is 2.97. The maximum atomic E-state index is 6.32. The van der Waals surface area contributed by atoms with Crippen LogP contribution >= 0.6 is 46.5 Å². The van der Waals surface area contributed by atoms with Crippen LogP contribution in [0.2, 0.25) is 15.3 Å². The van der Waals surface area contributed by atoms with Crippen molar-refractivity contribution in [3.8, 4) is 5.69 Å². The molecule has 2 aromatic heterocycles. The normalized spacial score (nSPS) is 11.7. The van der Waals surface area contributed by atoms with Crippen LogP contribution in [-0.4, -0.2) is 23.5 Å². The number of rotatable bonds is 2. The first kappa shape index (κ1) is 14.0. The predicted octanol–water partition coefficient (Wildman–Crippen LogP) is 4.36. The molecule has 0 radical (unpaired) electrons. The number of hydrogen-bond acceptors (Lipinski definition) is 5. The molecule has 0 atom stereocenters. The summed E-state index contributed by atoms with van der Waals surface area (Å²) in [6.45, 7) is 3.99. The van der Waals surface area contributed by atoms with Gasteiger partial charge in [0.25, 0.3) is 0 Å². The van der Waals surface area contributed by atoms with Gasteiger partial charge in [-0.2, -0.15) is 8.75 Å². The molecule has 5 nitrogen and oxygen atoms in total. The fourth-order valence-electron chi connectivity index (χ4n) is 1.93. The first-order valence-corrected chi connectivity index (χ1v) is 7.58. The van der Waals surface area contributed by atoms with Crippen molar-refractivity contribution in [2.45, 2.75) is 19.8 Å². The molecule has 20 heavy (non-hydrogen) atoms. The maximum Gasteiger partial charge on any atom is 0.229 e. The molecule has 0 saturated carbocycles. The highest BCUT2D eigenvalue weighted by molar-refractivity contribution is 7.00. The van der Waals surface area contributed by atoms with Gasteiger partial charge in [0.05, 0.1) is 27.5 Å². The molecule has 9 heteroatoms. The van der Waals surface area contributed by atoms with E-state index < -0.39 is 0 Å². The zero-order chi connectivity index (χ0) is 14.4. The van der Waals surface area contributed by atoms with Crippen LogP contribution in [0.1, 0.15) is 25.6 Å². The van der Waals surface area contributed by atoms with Gasteiger partial charge in [-0.05, 0) is 17.7 Å². The van der Waals surface area contributed by atoms with Gasteiger partial charge in [0.2, 0.25) is 5.28 Å². The van der Waals surface area contributed by atoms with E-state index in [9.17, 15) is 0 Å². The van der Waals surface area contributed by atoms with Crippen LogP contribution in [0, 0.1) is 0 Å². The Morgan fingerprint density at radius 3 is 2.45 bits per heavy atom. The second-order valence-electron chi connectivity index (χ2n) is 4.47. The highest BCUT2D eigenvalue weighted by Crippen LogP contribution is 2.36. The summed E-state index contributed by atoms with van der Waals surface area (Å²) in [5, 5.41) is 9.12. The monoisotopic (exact) mass is 347 g/mol. The van der Waals surface area contributed by atoms with E-state index >= 15 is 0 Å². The number of benzene rings is 1. The molecular weight excluding hydrogens is 341 g/mol. The van der Waals surface area contributed by atoms with E-state index in [0.29, 0.717) is 32.6 Å². The molecule has 0 aliphatic rings. The molecule has 0 aliphatic carbocycles. The number of nitrogens with zero attached hydrogens (tertiary/aromatic N) is 5. The van der Waals surface area contributed by atoms with Gasteiger partial charge < -0.3 is 0 Å². The molecule has 3 aromatic rings. The molecule has 0 N–H and O–H groups in total. The van der Waals surface area contributed by atoms with Crippen LogP contribution in [0.5, 0.6) is 0 Å². The minimum absolute atomic E-state index is 0.128. The van der Waals surface area contributed by atoms with Crippen LogP contribution in [0.15, 0.2) is 6.07 Å². The number of fused-ring (bicyclic) bond motifs is 1. The van der Waals surface area contributed by atoms with Crippen molar-refractivity contribution in [2.75, 3.05) is 0 Å². The summed E-state index contributed by atoms with van der Waals surface area (Å²) in [4.78, 5) is 0. The first-order chi connectivity index (χ1) is 9.50.